The number of fused-ring (bicyclic) bond motifs is 14. The lowest BCUT2D eigenvalue weighted by molar-refractivity contribution is 0.00578. The molecule has 1 aliphatic heterocycles. The molecule has 5 heterocycles. The van der Waals surface area contributed by atoms with Gasteiger partial charge in [0.1, 0.15) is 0 Å². The topological polar surface area (TPSA) is 28.3 Å². The molecule has 0 bridgehead atoms. The highest BCUT2D eigenvalue weighted by Gasteiger charge is 2.51. The van der Waals surface area contributed by atoms with Crippen LogP contribution in [0, 0.1) is 0 Å². The molecule has 1 saturated heterocycles. The monoisotopic (exact) mass is 858 g/mol. The van der Waals surface area contributed by atoms with Crippen molar-refractivity contribution in [1.82, 2.24) is 9.13 Å². The summed E-state index contributed by atoms with van der Waals surface area (Å²) in [5.74, 6) is 0. The summed E-state index contributed by atoms with van der Waals surface area (Å²) in [6.07, 6.45) is 0. The van der Waals surface area contributed by atoms with Gasteiger partial charge in [0.2, 0.25) is 0 Å². The lowest BCUT2D eigenvalue weighted by atomic mass is 9.79. The fraction of sp³-hybridized carbons (Fsp3) is 0.111. The predicted octanol–water partition coefficient (Wildman–Crippen LogP) is 15.3. The number of nitrogens with zero attached hydrogens (tertiary/aromatic N) is 2. The van der Waals surface area contributed by atoms with Gasteiger partial charge in [0.25, 0.3) is 0 Å². The first-order valence-electron chi connectivity index (χ1n) is 21.0. The molecular weight excluding hydrogens is 819 g/mol. The summed E-state index contributed by atoms with van der Waals surface area (Å²) in [7, 11) is -0.360. The average molecular weight is 859 g/mol. The van der Waals surface area contributed by atoms with Crippen molar-refractivity contribution in [1.29, 1.82) is 0 Å². The van der Waals surface area contributed by atoms with E-state index in [1.807, 2.05) is 34.8 Å². The number of hydrogen-bond donors (Lipinski definition) is 0. The molecule has 8 heteroatoms. The number of para-hydroxylation sites is 2. The fourth-order valence-electron chi connectivity index (χ4n) is 9.35. The van der Waals surface area contributed by atoms with Crippen LogP contribution in [0.4, 0.5) is 0 Å². The first-order valence-corrected chi connectivity index (χ1v) is 23.0. The second-order valence-corrected chi connectivity index (χ2v) is 19.8. The van der Waals surface area contributed by atoms with Gasteiger partial charge in [-0.3, -0.25) is 0 Å². The smallest absolute Gasteiger partial charge is 0.399 e. The second-order valence-electron chi connectivity index (χ2n) is 17.2. The summed E-state index contributed by atoms with van der Waals surface area (Å²) in [5.41, 5.74) is 7.60. The molecule has 4 nitrogen and oxygen atoms in total. The zero-order valence-electron chi connectivity index (χ0n) is 34.6. The SMILES string of the molecule is CC1(C)OB(c2ccc(-n3c4ccccc4c4ccc5c6ccccc6sc5c43)cc2)OC1(C)C.Clc1ccc(-n2c3ccccc3c3ccc4c5ccccc5sc4c32)cc1. The van der Waals surface area contributed by atoms with Gasteiger partial charge in [-0.2, -0.15) is 0 Å². The minimum atomic E-state index is -0.360. The largest absolute Gasteiger partial charge is 0.494 e. The van der Waals surface area contributed by atoms with Crippen molar-refractivity contribution >= 4 is 131 Å². The Hall–Kier alpha value is -5.93. The van der Waals surface area contributed by atoms with Gasteiger partial charge >= 0.3 is 7.12 Å². The lowest BCUT2D eigenvalue weighted by Crippen LogP contribution is -2.41. The van der Waals surface area contributed by atoms with E-state index in [-0.39, 0.29) is 18.3 Å². The molecule has 4 aromatic heterocycles. The highest BCUT2D eigenvalue weighted by Crippen LogP contribution is 2.45. The Morgan fingerprint density at radius 3 is 1.27 bits per heavy atom. The fourth-order valence-corrected chi connectivity index (χ4v) is 12.0. The Balaban J connectivity index is 0.000000137. The van der Waals surface area contributed by atoms with Crippen LogP contribution in [0.2, 0.25) is 5.02 Å². The average Bonchev–Trinajstić information content (AvgIpc) is 4.08. The number of aromatic nitrogens is 2. The maximum Gasteiger partial charge on any atom is 0.494 e. The third-order valence-electron chi connectivity index (χ3n) is 13.1. The normalized spacial score (nSPS) is 15.0. The molecule has 13 rings (SSSR count). The van der Waals surface area contributed by atoms with E-state index in [0.29, 0.717) is 0 Å². The second kappa shape index (κ2) is 14.0. The van der Waals surface area contributed by atoms with Crippen molar-refractivity contribution < 1.29 is 9.31 Å². The maximum absolute atomic E-state index is 6.29. The summed E-state index contributed by atoms with van der Waals surface area (Å²) >= 11 is 9.90. The van der Waals surface area contributed by atoms with Gasteiger partial charge in [0.15, 0.2) is 0 Å². The summed E-state index contributed by atoms with van der Waals surface area (Å²) in [6.45, 7) is 8.37. The van der Waals surface area contributed by atoms with Crippen molar-refractivity contribution in [2.45, 2.75) is 38.9 Å². The van der Waals surface area contributed by atoms with Crippen molar-refractivity contribution in [3.63, 3.8) is 0 Å². The highest BCUT2D eigenvalue weighted by molar-refractivity contribution is 7.27. The van der Waals surface area contributed by atoms with E-state index in [0.717, 1.165) is 21.9 Å². The predicted molar refractivity (Wildman–Crippen MR) is 268 cm³/mol. The Kier molecular flexibility index (Phi) is 8.57. The third-order valence-corrected chi connectivity index (χ3v) is 15.8. The number of halogens is 1. The van der Waals surface area contributed by atoms with E-state index < -0.39 is 0 Å². The lowest BCUT2D eigenvalue weighted by Gasteiger charge is -2.32. The number of hydrogen-bond acceptors (Lipinski definition) is 4. The molecule has 1 fully saturated rings. The molecule has 300 valence electrons. The van der Waals surface area contributed by atoms with Crippen molar-refractivity contribution in [2.24, 2.45) is 0 Å². The van der Waals surface area contributed by atoms with Crippen LogP contribution in [0.25, 0.3) is 95.3 Å². The van der Waals surface area contributed by atoms with Crippen LogP contribution in [0.3, 0.4) is 0 Å². The van der Waals surface area contributed by atoms with Gasteiger partial charge in [-0.15, -0.1) is 22.7 Å². The molecule has 8 aromatic carbocycles. The minimum Gasteiger partial charge on any atom is -0.399 e. The summed E-state index contributed by atoms with van der Waals surface area (Å²) < 4.78 is 22.7. The summed E-state index contributed by atoms with van der Waals surface area (Å²) in [6, 6.07) is 60.6. The molecular formula is C54H40BClN2O2S2. The van der Waals surface area contributed by atoms with Crippen LogP contribution in [-0.2, 0) is 9.31 Å². The Morgan fingerprint density at radius 1 is 0.419 bits per heavy atom. The van der Waals surface area contributed by atoms with Gasteiger partial charge in [-0.05, 0) is 93.8 Å². The third kappa shape index (κ3) is 5.73. The molecule has 0 spiro atoms. The molecule has 1 aliphatic rings. The molecule has 62 heavy (non-hydrogen) atoms. The molecule has 0 radical (unpaired) electrons. The van der Waals surface area contributed by atoms with Gasteiger partial charge in [-0.25, -0.2) is 0 Å². The number of rotatable bonds is 3. The van der Waals surface area contributed by atoms with Crippen LogP contribution in [0.5, 0.6) is 0 Å². The zero-order chi connectivity index (χ0) is 41.9. The van der Waals surface area contributed by atoms with Crippen molar-refractivity contribution in [2.75, 3.05) is 0 Å². The van der Waals surface area contributed by atoms with E-state index in [1.54, 1.807) is 0 Å². The van der Waals surface area contributed by atoms with Gasteiger partial charge in [0.05, 0.1) is 42.7 Å². The first-order chi connectivity index (χ1) is 30.1. The molecule has 0 N–H and O–H groups in total. The minimum absolute atomic E-state index is 0.351. The Morgan fingerprint density at radius 2 is 0.806 bits per heavy atom. The Bertz CT molecular complexity index is 3710. The van der Waals surface area contributed by atoms with E-state index in [9.17, 15) is 0 Å². The molecule has 0 amide bonds. The van der Waals surface area contributed by atoms with E-state index in [2.05, 4.69) is 195 Å². The number of benzene rings is 8. The molecule has 12 aromatic rings. The van der Waals surface area contributed by atoms with E-state index in [4.69, 9.17) is 20.9 Å². The van der Waals surface area contributed by atoms with Crippen LogP contribution >= 0.6 is 34.3 Å². The molecule has 0 unspecified atom stereocenters. The zero-order valence-corrected chi connectivity index (χ0v) is 37.0. The Labute approximate surface area is 372 Å². The van der Waals surface area contributed by atoms with Crippen LogP contribution in [0.15, 0.2) is 170 Å². The van der Waals surface area contributed by atoms with Crippen LogP contribution < -0.4 is 5.46 Å². The van der Waals surface area contributed by atoms with Crippen molar-refractivity contribution in [3.8, 4) is 11.4 Å². The van der Waals surface area contributed by atoms with Crippen molar-refractivity contribution in [3.05, 3.63) is 175 Å². The van der Waals surface area contributed by atoms with Crippen LogP contribution in [-0.4, -0.2) is 27.5 Å². The molecule has 0 aliphatic carbocycles. The first kappa shape index (κ1) is 37.8. The molecule has 0 atom stereocenters. The summed E-state index contributed by atoms with van der Waals surface area (Å²) in [4.78, 5) is 0. The van der Waals surface area contributed by atoms with E-state index in [1.165, 1.54) is 84.0 Å². The van der Waals surface area contributed by atoms with Gasteiger partial charge < -0.3 is 18.4 Å². The van der Waals surface area contributed by atoms with Gasteiger partial charge in [0, 0.05) is 68.9 Å². The van der Waals surface area contributed by atoms with E-state index >= 15 is 0 Å². The quantitative estimate of drug-likeness (QED) is 0.166. The molecule has 0 saturated carbocycles. The maximum atomic E-state index is 6.29. The van der Waals surface area contributed by atoms with Crippen LogP contribution in [0.1, 0.15) is 27.7 Å². The van der Waals surface area contributed by atoms with Gasteiger partial charge in [-0.1, -0.05) is 121 Å². The summed E-state index contributed by atoms with van der Waals surface area (Å²) in [5, 5.41) is 11.2. The standard InChI is InChI=1S/C30H26BNO2S.C24H14ClNS/c1-29(2)30(3,4)34-31(33-29)19-13-15-20(16-14-19)32-25-11-7-5-9-21(25)23-17-18-24-22-10-6-8-12-26(22)35-28(24)27(23)32;25-15-9-11-16(12-10-15)26-21-7-3-1-5-17(21)19-13-14-20-18-6-2-4-8-22(18)27-24(20)23(19)26/h5-18H,1-4H3;1-14H. The highest BCUT2D eigenvalue weighted by atomic mass is 35.5. The number of thiophene rings is 2.